The maximum Gasteiger partial charge on any atom is 0.416 e. The lowest BCUT2D eigenvalue weighted by Gasteiger charge is -2.11. The summed E-state index contributed by atoms with van der Waals surface area (Å²) in [5.74, 6) is -0.0142. The van der Waals surface area contributed by atoms with Crippen LogP contribution in [-0.2, 0) is 12.7 Å². The molecule has 0 fully saturated rings. The van der Waals surface area contributed by atoms with Gasteiger partial charge in [0.05, 0.1) is 28.6 Å². The first kappa shape index (κ1) is 21.1. The molecule has 8 heteroatoms. The Morgan fingerprint density at radius 2 is 1.69 bits per heavy atom. The highest BCUT2D eigenvalue weighted by Crippen LogP contribution is 2.29. The highest BCUT2D eigenvalue weighted by atomic mass is 19.4. The molecule has 4 nitrogen and oxygen atoms in total. The van der Waals surface area contributed by atoms with Crippen molar-refractivity contribution in [3.63, 3.8) is 0 Å². The zero-order valence-electron chi connectivity index (χ0n) is 16.6. The number of halogens is 4. The van der Waals surface area contributed by atoms with Crippen LogP contribution in [0.1, 0.15) is 16.7 Å². The molecule has 1 N–H and O–H groups in total. The number of nitrogens with zero attached hydrogens (tertiary/aromatic N) is 3. The van der Waals surface area contributed by atoms with Crippen molar-refractivity contribution in [1.82, 2.24) is 9.55 Å². The van der Waals surface area contributed by atoms with Gasteiger partial charge in [0.2, 0.25) is 5.95 Å². The molecule has 0 amide bonds. The van der Waals surface area contributed by atoms with Crippen LogP contribution in [0.2, 0.25) is 0 Å². The molecular formula is C24H16F4N4. The average Bonchev–Trinajstić information content (AvgIpc) is 3.22. The number of nitrogens with one attached hydrogen (secondary N) is 1. The highest BCUT2D eigenvalue weighted by molar-refractivity contribution is 5.63. The fraction of sp³-hybridized carbons (Fsp3) is 0.0833. The monoisotopic (exact) mass is 436 g/mol. The summed E-state index contributed by atoms with van der Waals surface area (Å²) in [6.45, 7) is 0.220. The van der Waals surface area contributed by atoms with Crippen molar-refractivity contribution < 1.29 is 17.6 Å². The van der Waals surface area contributed by atoms with E-state index in [4.69, 9.17) is 5.26 Å². The summed E-state index contributed by atoms with van der Waals surface area (Å²) < 4.78 is 53.8. The largest absolute Gasteiger partial charge is 0.416 e. The van der Waals surface area contributed by atoms with E-state index in [0.29, 0.717) is 28.5 Å². The predicted molar refractivity (Wildman–Crippen MR) is 112 cm³/mol. The molecule has 0 aliphatic carbocycles. The molecule has 1 heterocycles. The second-order valence-electron chi connectivity index (χ2n) is 7.04. The van der Waals surface area contributed by atoms with Gasteiger partial charge in [-0.25, -0.2) is 9.37 Å². The third kappa shape index (κ3) is 4.62. The van der Waals surface area contributed by atoms with Gasteiger partial charge in [0.25, 0.3) is 0 Å². The van der Waals surface area contributed by atoms with Crippen LogP contribution in [0, 0.1) is 17.1 Å². The normalized spacial score (nSPS) is 11.2. The first-order valence-corrected chi connectivity index (χ1v) is 9.59. The molecule has 0 aliphatic rings. The number of aromatic nitrogens is 2. The van der Waals surface area contributed by atoms with Gasteiger partial charge in [-0.05, 0) is 48.0 Å². The first-order chi connectivity index (χ1) is 15.3. The SMILES string of the molecule is N#Cc1ccc(-c2cn(-c3cccc(F)c3)c(NCc3ccc(C(F)(F)F)cc3)n2)cc1. The predicted octanol–water partition coefficient (Wildman–Crippen LogP) is 6.18. The standard InChI is InChI=1S/C24H16F4N4/c25-20-2-1-3-21(12-20)32-15-22(18-8-4-16(13-29)5-9-18)31-23(32)30-14-17-6-10-19(11-7-17)24(26,27)28/h1-12,15H,14H2,(H,30,31). The molecule has 4 aromatic rings. The first-order valence-electron chi connectivity index (χ1n) is 9.59. The summed E-state index contributed by atoms with van der Waals surface area (Å²) in [4.78, 5) is 4.58. The third-order valence-electron chi connectivity index (χ3n) is 4.83. The van der Waals surface area contributed by atoms with Gasteiger partial charge in [-0.2, -0.15) is 18.4 Å². The second kappa shape index (κ2) is 8.55. The van der Waals surface area contributed by atoms with Crippen LogP contribution in [0.15, 0.2) is 79.0 Å². The molecule has 0 atom stereocenters. The topological polar surface area (TPSA) is 53.6 Å². The quantitative estimate of drug-likeness (QED) is 0.380. The van der Waals surface area contributed by atoms with E-state index < -0.39 is 17.6 Å². The molecule has 0 bridgehead atoms. The van der Waals surface area contributed by atoms with Crippen LogP contribution in [-0.4, -0.2) is 9.55 Å². The highest BCUT2D eigenvalue weighted by Gasteiger charge is 2.29. The summed E-state index contributed by atoms with van der Waals surface area (Å²) in [5.41, 5.74) is 2.31. The number of alkyl halides is 3. The summed E-state index contributed by atoms with van der Waals surface area (Å²) in [6.07, 6.45) is -2.67. The molecule has 0 unspecified atom stereocenters. The van der Waals surface area contributed by atoms with Crippen LogP contribution in [0.5, 0.6) is 0 Å². The number of rotatable bonds is 5. The maximum absolute atomic E-state index is 13.8. The Morgan fingerprint density at radius 1 is 0.969 bits per heavy atom. The van der Waals surface area contributed by atoms with Crippen LogP contribution in [0.4, 0.5) is 23.5 Å². The Labute approximate surface area is 181 Å². The Kier molecular flexibility index (Phi) is 5.65. The van der Waals surface area contributed by atoms with Crippen LogP contribution in [0.3, 0.4) is 0 Å². The molecule has 0 saturated heterocycles. The Hall–Kier alpha value is -4.12. The van der Waals surface area contributed by atoms with E-state index in [1.807, 2.05) is 0 Å². The lowest BCUT2D eigenvalue weighted by Crippen LogP contribution is -2.08. The van der Waals surface area contributed by atoms with E-state index in [9.17, 15) is 17.6 Å². The van der Waals surface area contributed by atoms with E-state index in [1.165, 1.54) is 24.3 Å². The van der Waals surface area contributed by atoms with E-state index in [2.05, 4.69) is 16.4 Å². The fourth-order valence-corrected chi connectivity index (χ4v) is 3.18. The molecule has 3 aromatic carbocycles. The number of anilines is 1. The van der Waals surface area contributed by atoms with E-state index in [0.717, 1.165) is 17.7 Å². The summed E-state index contributed by atoms with van der Waals surface area (Å²) in [5, 5.41) is 12.1. The van der Waals surface area contributed by atoms with Crippen molar-refractivity contribution in [2.45, 2.75) is 12.7 Å². The zero-order chi connectivity index (χ0) is 22.7. The molecule has 32 heavy (non-hydrogen) atoms. The molecule has 4 rings (SSSR count). The number of hydrogen-bond donors (Lipinski definition) is 1. The Morgan fingerprint density at radius 3 is 2.31 bits per heavy atom. The van der Waals surface area contributed by atoms with Gasteiger partial charge in [0.1, 0.15) is 5.82 Å². The van der Waals surface area contributed by atoms with Gasteiger partial charge in [0, 0.05) is 18.3 Å². The number of imidazole rings is 1. The minimum Gasteiger partial charge on any atom is -0.351 e. The molecule has 160 valence electrons. The molecule has 0 spiro atoms. The number of hydrogen-bond acceptors (Lipinski definition) is 3. The van der Waals surface area contributed by atoms with Gasteiger partial charge in [0.15, 0.2) is 0 Å². The van der Waals surface area contributed by atoms with E-state index in [1.54, 1.807) is 47.2 Å². The van der Waals surface area contributed by atoms with Crippen molar-refractivity contribution >= 4 is 5.95 Å². The minimum absolute atomic E-state index is 0.220. The van der Waals surface area contributed by atoms with Crippen LogP contribution in [0.25, 0.3) is 16.9 Å². The summed E-state index contributed by atoms with van der Waals surface area (Å²) in [6, 6.07) is 19.7. The van der Waals surface area contributed by atoms with Gasteiger partial charge < -0.3 is 5.32 Å². The Bertz CT molecular complexity index is 1270. The molecule has 0 saturated carbocycles. The summed E-state index contributed by atoms with van der Waals surface area (Å²) in [7, 11) is 0. The van der Waals surface area contributed by atoms with Crippen molar-refractivity contribution in [2.75, 3.05) is 5.32 Å². The van der Waals surface area contributed by atoms with Gasteiger partial charge >= 0.3 is 6.18 Å². The number of nitriles is 1. The summed E-state index contributed by atoms with van der Waals surface area (Å²) >= 11 is 0. The number of benzene rings is 3. The minimum atomic E-state index is -4.39. The maximum atomic E-state index is 13.8. The molecule has 1 aromatic heterocycles. The Balaban J connectivity index is 1.65. The van der Waals surface area contributed by atoms with E-state index in [-0.39, 0.29) is 6.54 Å². The fourth-order valence-electron chi connectivity index (χ4n) is 3.18. The van der Waals surface area contributed by atoms with Crippen molar-refractivity contribution in [3.8, 4) is 23.0 Å². The van der Waals surface area contributed by atoms with Gasteiger partial charge in [-0.15, -0.1) is 0 Å². The smallest absolute Gasteiger partial charge is 0.351 e. The third-order valence-corrected chi connectivity index (χ3v) is 4.83. The van der Waals surface area contributed by atoms with Gasteiger partial charge in [-0.3, -0.25) is 4.57 Å². The van der Waals surface area contributed by atoms with Crippen molar-refractivity contribution in [3.05, 3.63) is 102 Å². The molecular weight excluding hydrogens is 420 g/mol. The average molecular weight is 436 g/mol. The van der Waals surface area contributed by atoms with E-state index >= 15 is 0 Å². The van der Waals surface area contributed by atoms with Crippen LogP contribution < -0.4 is 5.32 Å². The zero-order valence-corrected chi connectivity index (χ0v) is 16.6. The lowest BCUT2D eigenvalue weighted by molar-refractivity contribution is -0.137. The van der Waals surface area contributed by atoms with Crippen molar-refractivity contribution in [2.24, 2.45) is 0 Å². The molecule has 0 aliphatic heterocycles. The lowest BCUT2D eigenvalue weighted by atomic mass is 10.1. The molecule has 0 radical (unpaired) electrons. The second-order valence-corrected chi connectivity index (χ2v) is 7.04. The van der Waals surface area contributed by atoms with Gasteiger partial charge in [-0.1, -0.05) is 30.3 Å². The van der Waals surface area contributed by atoms with Crippen molar-refractivity contribution in [1.29, 1.82) is 5.26 Å². The van der Waals surface area contributed by atoms with Crippen LogP contribution >= 0.6 is 0 Å².